The molecule has 0 radical (unpaired) electrons. The predicted octanol–water partition coefficient (Wildman–Crippen LogP) is 1.53. The van der Waals surface area contributed by atoms with Gasteiger partial charge in [0.25, 0.3) is 0 Å². The molecule has 2 heterocycles. The lowest BCUT2D eigenvalue weighted by Crippen LogP contribution is -2.10. The van der Waals surface area contributed by atoms with E-state index in [1.54, 1.807) is 10.9 Å². The molecule has 0 saturated heterocycles. The van der Waals surface area contributed by atoms with Gasteiger partial charge >= 0.3 is 0 Å². The maximum Gasteiger partial charge on any atom is 0.183 e. The van der Waals surface area contributed by atoms with Gasteiger partial charge < -0.3 is 10.2 Å². The van der Waals surface area contributed by atoms with Gasteiger partial charge in [-0.3, -0.25) is 4.98 Å². The molecule has 124 valence electrons. The van der Waals surface area contributed by atoms with Gasteiger partial charge in [0, 0.05) is 18.8 Å². The van der Waals surface area contributed by atoms with Crippen LogP contribution in [0.4, 0.5) is 0 Å². The van der Waals surface area contributed by atoms with Crippen LogP contribution < -0.4 is 0 Å². The van der Waals surface area contributed by atoms with E-state index in [0.717, 1.165) is 23.4 Å². The molecule has 6 nitrogen and oxygen atoms in total. The minimum absolute atomic E-state index is 0.0237. The molecule has 0 amide bonds. The van der Waals surface area contributed by atoms with Crippen LogP contribution in [-0.2, 0) is 19.4 Å². The number of nitrogens with zero attached hydrogens (tertiary/aromatic N) is 4. The second-order valence-electron chi connectivity index (χ2n) is 5.51. The average Bonchev–Trinajstić information content (AvgIpc) is 3.04. The fraction of sp³-hybridized carbons (Fsp3) is 0.278. The monoisotopic (exact) mass is 324 g/mol. The lowest BCUT2D eigenvalue weighted by molar-refractivity contribution is 0.208. The van der Waals surface area contributed by atoms with E-state index in [4.69, 9.17) is 0 Å². The van der Waals surface area contributed by atoms with Crippen molar-refractivity contribution in [2.75, 3.05) is 6.61 Å². The largest absolute Gasteiger partial charge is 0.394 e. The van der Waals surface area contributed by atoms with Gasteiger partial charge in [-0.25, -0.2) is 9.67 Å². The van der Waals surface area contributed by atoms with Gasteiger partial charge in [-0.2, -0.15) is 5.10 Å². The van der Waals surface area contributed by atoms with Crippen LogP contribution in [-0.4, -0.2) is 36.6 Å². The average molecular weight is 324 g/mol. The Morgan fingerprint density at radius 1 is 1.04 bits per heavy atom. The van der Waals surface area contributed by atoms with E-state index in [-0.39, 0.29) is 6.61 Å². The van der Waals surface area contributed by atoms with E-state index in [1.165, 1.54) is 0 Å². The van der Waals surface area contributed by atoms with Gasteiger partial charge in [-0.15, -0.1) is 0 Å². The molecule has 0 aliphatic heterocycles. The first-order valence-corrected chi connectivity index (χ1v) is 7.94. The zero-order chi connectivity index (χ0) is 16.8. The molecule has 3 aromatic rings. The Morgan fingerprint density at radius 3 is 2.58 bits per heavy atom. The SMILES string of the molecule is OCCn1nc([C@@H](O)c2ccccc2)nc1CCc1cccnc1. The second kappa shape index (κ2) is 7.81. The summed E-state index contributed by atoms with van der Waals surface area (Å²) in [7, 11) is 0. The van der Waals surface area contributed by atoms with E-state index >= 15 is 0 Å². The molecule has 0 fully saturated rings. The van der Waals surface area contributed by atoms with Gasteiger partial charge in [0.2, 0.25) is 0 Å². The van der Waals surface area contributed by atoms with Crippen molar-refractivity contribution in [1.29, 1.82) is 0 Å². The topological polar surface area (TPSA) is 84.1 Å². The van der Waals surface area contributed by atoms with Crippen molar-refractivity contribution in [3.63, 3.8) is 0 Å². The van der Waals surface area contributed by atoms with Crippen molar-refractivity contribution in [3.8, 4) is 0 Å². The van der Waals surface area contributed by atoms with Crippen molar-refractivity contribution >= 4 is 0 Å². The summed E-state index contributed by atoms with van der Waals surface area (Å²) >= 11 is 0. The Bertz CT molecular complexity index is 759. The smallest absolute Gasteiger partial charge is 0.183 e. The Kier molecular flexibility index (Phi) is 5.30. The van der Waals surface area contributed by atoms with Crippen LogP contribution in [0, 0.1) is 0 Å². The van der Waals surface area contributed by atoms with Crippen molar-refractivity contribution in [2.24, 2.45) is 0 Å². The first kappa shape index (κ1) is 16.3. The normalized spacial score (nSPS) is 12.2. The lowest BCUT2D eigenvalue weighted by Gasteiger charge is -2.05. The third-order valence-electron chi connectivity index (χ3n) is 3.80. The Hall–Kier alpha value is -2.57. The number of aryl methyl sites for hydroxylation is 2. The number of hydrogen-bond donors (Lipinski definition) is 2. The predicted molar refractivity (Wildman–Crippen MR) is 89.3 cm³/mol. The standard InChI is InChI=1S/C18H20N4O2/c23-12-11-22-16(9-8-14-5-4-10-19-13-14)20-18(21-22)17(24)15-6-2-1-3-7-15/h1-7,10,13,17,23-24H,8-9,11-12H2/t17-/m0/s1. The van der Waals surface area contributed by atoms with Gasteiger partial charge in [0.05, 0.1) is 13.2 Å². The molecule has 0 spiro atoms. The van der Waals surface area contributed by atoms with Gasteiger partial charge in [-0.05, 0) is 23.6 Å². The van der Waals surface area contributed by atoms with Crippen molar-refractivity contribution in [1.82, 2.24) is 19.7 Å². The molecule has 0 aliphatic carbocycles. The van der Waals surface area contributed by atoms with Crippen molar-refractivity contribution in [3.05, 3.63) is 77.6 Å². The quantitative estimate of drug-likeness (QED) is 0.688. The molecule has 0 bridgehead atoms. The van der Waals surface area contributed by atoms with Crippen molar-refractivity contribution < 1.29 is 10.2 Å². The summed E-state index contributed by atoms with van der Waals surface area (Å²) in [5, 5.41) is 24.1. The summed E-state index contributed by atoms with van der Waals surface area (Å²) in [5.74, 6) is 1.11. The Balaban J connectivity index is 1.79. The highest BCUT2D eigenvalue weighted by atomic mass is 16.3. The highest BCUT2D eigenvalue weighted by Crippen LogP contribution is 2.19. The minimum Gasteiger partial charge on any atom is -0.394 e. The Labute approximate surface area is 140 Å². The van der Waals surface area contributed by atoms with Gasteiger partial charge in [-0.1, -0.05) is 36.4 Å². The molecule has 3 rings (SSSR count). The number of pyridine rings is 1. The lowest BCUT2D eigenvalue weighted by atomic mass is 10.1. The fourth-order valence-corrected chi connectivity index (χ4v) is 2.55. The van der Waals surface area contributed by atoms with Crippen LogP contribution in [0.1, 0.15) is 28.9 Å². The summed E-state index contributed by atoms with van der Waals surface area (Å²) in [4.78, 5) is 8.60. The summed E-state index contributed by atoms with van der Waals surface area (Å²) in [6.07, 6.45) is 4.14. The first-order valence-electron chi connectivity index (χ1n) is 7.94. The second-order valence-corrected chi connectivity index (χ2v) is 5.51. The van der Waals surface area contributed by atoms with Crippen LogP contribution in [0.2, 0.25) is 0 Å². The number of benzene rings is 1. The number of hydrogen-bond acceptors (Lipinski definition) is 5. The van der Waals surface area contributed by atoms with Gasteiger partial charge in [0.15, 0.2) is 5.82 Å². The number of aliphatic hydroxyl groups excluding tert-OH is 2. The maximum atomic E-state index is 10.5. The molecule has 0 unspecified atom stereocenters. The minimum atomic E-state index is -0.872. The number of aromatic nitrogens is 4. The van der Waals surface area contributed by atoms with E-state index in [1.807, 2.05) is 48.7 Å². The fourth-order valence-electron chi connectivity index (χ4n) is 2.55. The molecule has 0 aliphatic rings. The van der Waals surface area contributed by atoms with Crippen LogP contribution in [0.3, 0.4) is 0 Å². The molecule has 1 aromatic carbocycles. The number of rotatable bonds is 7. The summed E-state index contributed by atoms with van der Waals surface area (Å²) in [5.41, 5.74) is 1.86. The summed E-state index contributed by atoms with van der Waals surface area (Å²) in [6.45, 7) is 0.334. The molecule has 0 saturated carbocycles. The van der Waals surface area contributed by atoms with Crippen molar-refractivity contribution in [2.45, 2.75) is 25.5 Å². The zero-order valence-corrected chi connectivity index (χ0v) is 13.3. The first-order chi connectivity index (χ1) is 11.8. The molecule has 2 aromatic heterocycles. The Morgan fingerprint density at radius 2 is 1.88 bits per heavy atom. The van der Waals surface area contributed by atoms with E-state index in [2.05, 4.69) is 15.1 Å². The van der Waals surface area contributed by atoms with E-state index in [9.17, 15) is 10.2 Å². The summed E-state index contributed by atoms with van der Waals surface area (Å²) < 4.78 is 1.66. The van der Waals surface area contributed by atoms with Crippen LogP contribution >= 0.6 is 0 Å². The third kappa shape index (κ3) is 3.84. The zero-order valence-electron chi connectivity index (χ0n) is 13.3. The molecular formula is C18H20N4O2. The van der Waals surface area contributed by atoms with Gasteiger partial charge in [0.1, 0.15) is 11.9 Å². The number of aliphatic hydroxyl groups is 2. The molecular weight excluding hydrogens is 304 g/mol. The van der Waals surface area contributed by atoms with Crippen LogP contribution in [0.25, 0.3) is 0 Å². The molecule has 2 N–H and O–H groups in total. The van der Waals surface area contributed by atoms with E-state index < -0.39 is 6.10 Å². The highest BCUT2D eigenvalue weighted by molar-refractivity contribution is 5.22. The maximum absolute atomic E-state index is 10.5. The van der Waals surface area contributed by atoms with E-state index in [0.29, 0.717) is 18.8 Å². The third-order valence-corrected chi connectivity index (χ3v) is 3.80. The highest BCUT2D eigenvalue weighted by Gasteiger charge is 2.18. The van der Waals surface area contributed by atoms with Crippen LogP contribution in [0.15, 0.2) is 54.9 Å². The summed E-state index contributed by atoms with van der Waals surface area (Å²) in [6, 6.07) is 13.2. The molecule has 6 heteroatoms. The molecule has 24 heavy (non-hydrogen) atoms. The molecule has 1 atom stereocenters. The van der Waals surface area contributed by atoms with Crippen LogP contribution in [0.5, 0.6) is 0 Å².